The molecule has 1 amide bonds. The number of hydrogen-bond acceptors (Lipinski definition) is 4. The van der Waals surface area contributed by atoms with Crippen molar-refractivity contribution in [2.45, 2.75) is 30.5 Å². The van der Waals surface area contributed by atoms with Crippen LogP contribution in [-0.2, 0) is 21.1 Å². The van der Waals surface area contributed by atoms with Gasteiger partial charge in [-0.3, -0.25) is 0 Å². The maximum atomic E-state index is 13.6. The van der Waals surface area contributed by atoms with Crippen molar-refractivity contribution >= 4 is 6.09 Å². The van der Waals surface area contributed by atoms with Gasteiger partial charge in [0.05, 0.1) is 25.4 Å². The fraction of sp³-hybridized carbons (Fsp3) is 0.588. The molecule has 144 valence electrons. The van der Waals surface area contributed by atoms with Gasteiger partial charge in [-0.05, 0) is 30.5 Å². The molecular weight excluding hydrogens is 356 g/mol. The number of hydrogen-bond donors (Lipinski definition) is 2. The van der Waals surface area contributed by atoms with E-state index in [2.05, 4.69) is 5.32 Å². The smallest absolute Gasteiger partial charge is 0.419 e. The number of primary amides is 1. The molecule has 9 heteroatoms. The van der Waals surface area contributed by atoms with E-state index >= 15 is 0 Å². The van der Waals surface area contributed by atoms with Gasteiger partial charge in [-0.1, -0.05) is 6.07 Å². The first-order valence-electron chi connectivity index (χ1n) is 8.34. The zero-order valence-electron chi connectivity index (χ0n) is 13.9. The third-order valence-electron chi connectivity index (χ3n) is 5.19. The van der Waals surface area contributed by atoms with Crippen molar-refractivity contribution < 1.29 is 31.8 Å². The Labute approximate surface area is 147 Å². The number of carbonyl (C=O) groups excluding carboxylic acids is 1. The van der Waals surface area contributed by atoms with Gasteiger partial charge >= 0.3 is 12.3 Å². The summed E-state index contributed by atoms with van der Waals surface area (Å²) in [7, 11) is 0. The first kappa shape index (κ1) is 18.9. The summed E-state index contributed by atoms with van der Waals surface area (Å²) in [6.45, 7) is 1.42. The molecule has 2 fully saturated rings. The number of alkyl halides is 3. The van der Waals surface area contributed by atoms with Crippen LogP contribution in [0, 0.1) is 11.7 Å². The molecule has 1 heterocycles. The summed E-state index contributed by atoms with van der Waals surface area (Å²) in [5.41, 5.74) is 3.52. The van der Waals surface area contributed by atoms with Gasteiger partial charge in [-0.25, -0.2) is 9.18 Å². The second-order valence-electron chi connectivity index (χ2n) is 6.72. The van der Waals surface area contributed by atoms with Gasteiger partial charge in [0.15, 0.2) is 0 Å². The standard InChI is InChI=1S/C17H20F4N2O3/c18-13-2-1-10(7-11(13)17(19,20)21)16(3-4-16)12(8-26-15(22)24)14-9-25-6-5-23-14/h1-2,7,12,14,23H,3-6,8-9H2,(H2,22,24)/t12-,14-/m0/s1. The van der Waals surface area contributed by atoms with Crippen LogP contribution < -0.4 is 11.1 Å². The van der Waals surface area contributed by atoms with Gasteiger partial charge in [-0.15, -0.1) is 0 Å². The number of rotatable bonds is 5. The molecular formula is C17H20F4N2O3. The molecule has 3 N–H and O–H groups in total. The molecule has 2 aliphatic rings. The van der Waals surface area contributed by atoms with E-state index < -0.39 is 29.1 Å². The SMILES string of the molecule is NC(=O)OC[C@@H]([C@@H]1COCCN1)C1(c2ccc(F)c(C(F)(F)F)c2)CC1. The lowest BCUT2D eigenvalue weighted by atomic mass is 9.78. The molecule has 5 nitrogen and oxygen atoms in total. The Bertz CT molecular complexity index is 670. The molecule has 0 radical (unpaired) electrons. The van der Waals surface area contributed by atoms with E-state index in [1.807, 2.05) is 0 Å². The van der Waals surface area contributed by atoms with E-state index in [4.69, 9.17) is 15.2 Å². The van der Waals surface area contributed by atoms with Crippen LogP contribution in [0.25, 0.3) is 0 Å². The van der Waals surface area contributed by atoms with Crippen LogP contribution in [0.2, 0.25) is 0 Å². The van der Waals surface area contributed by atoms with E-state index in [1.165, 1.54) is 6.07 Å². The highest BCUT2D eigenvalue weighted by atomic mass is 19.4. The molecule has 1 aliphatic heterocycles. The van der Waals surface area contributed by atoms with Crippen LogP contribution in [0.4, 0.5) is 22.4 Å². The molecule has 1 aromatic rings. The lowest BCUT2D eigenvalue weighted by Crippen LogP contribution is -2.51. The van der Waals surface area contributed by atoms with Crippen LogP contribution in [0.3, 0.4) is 0 Å². The Morgan fingerprint density at radius 1 is 1.42 bits per heavy atom. The van der Waals surface area contributed by atoms with Crippen molar-refractivity contribution in [3.05, 3.63) is 35.1 Å². The van der Waals surface area contributed by atoms with Crippen LogP contribution in [0.1, 0.15) is 24.0 Å². The van der Waals surface area contributed by atoms with Crippen LogP contribution in [0.5, 0.6) is 0 Å². The predicted octanol–water partition coefficient (Wildman–Crippen LogP) is 2.58. The quantitative estimate of drug-likeness (QED) is 0.775. The van der Waals surface area contributed by atoms with Crippen molar-refractivity contribution in [3.8, 4) is 0 Å². The number of nitrogens with one attached hydrogen (secondary N) is 1. The average molecular weight is 376 g/mol. The van der Waals surface area contributed by atoms with Gasteiger partial charge in [0.25, 0.3) is 0 Å². The van der Waals surface area contributed by atoms with E-state index in [0.29, 0.717) is 38.2 Å². The third-order valence-corrected chi connectivity index (χ3v) is 5.19. The zero-order chi connectivity index (χ0) is 18.9. The normalized spacial score (nSPS) is 23.3. The van der Waals surface area contributed by atoms with Crippen molar-refractivity contribution in [2.24, 2.45) is 11.7 Å². The Kier molecular flexibility index (Phi) is 5.12. The second-order valence-corrected chi connectivity index (χ2v) is 6.72. The minimum Gasteiger partial charge on any atom is -0.449 e. The summed E-state index contributed by atoms with van der Waals surface area (Å²) in [5.74, 6) is -1.64. The fourth-order valence-corrected chi connectivity index (χ4v) is 3.74. The monoisotopic (exact) mass is 376 g/mol. The highest BCUT2D eigenvalue weighted by Crippen LogP contribution is 2.56. The highest BCUT2D eigenvalue weighted by molar-refractivity contribution is 5.64. The molecule has 0 bridgehead atoms. The first-order valence-corrected chi connectivity index (χ1v) is 8.34. The van der Waals surface area contributed by atoms with Crippen molar-refractivity contribution in [1.82, 2.24) is 5.32 Å². The van der Waals surface area contributed by atoms with Gasteiger partial charge in [0.1, 0.15) is 5.82 Å². The predicted molar refractivity (Wildman–Crippen MR) is 83.9 cm³/mol. The minimum absolute atomic E-state index is 0.0465. The number of carbonyl (C=O) groups is 1. The maximum absolute atomic E-state index is 13.6. The van der Waals surface area contributed by atoms with Crippen LogP contribution in [0.15, 0.2) is 18.2 Å². The van der Waals surface area contributed by atoms with Crippen molar-refractivity contribution in [3.63, 3.8) is 0 Å². The number of halogens is 4. The summed E-state index contributed by atoms with van der Waals surface area (Å²) in [5, 5.41) is 3.26. The maximum Gasteiger partial charge on any atom is 0.419 e. The summed E-state index contributed by atoms with van der Waals surface area (Å²) in [6.07, 6.45) is -4.50. The molecule has 26 heavy (non-hydrogen) atoms. The van der Waals surface area contributed by atoms with E-state index in [0.717, 1.165) is 12.1 Å². The fourth-order valence-electron chi connectivity index (χ4n) is 3.74. The first-order chi connectivity index (χ1) is 12.2. The number of nitrogens with two attached hydrogens (primary N) is 1. The molecule has 1 saturated carbocycles. The molecule has 0 unspecified atom stereocenters. The number of benzene rings is 1. The van der Waals surface area contributed by atoms with Gasteiger partial charge in [0.2, 0.25) is 0 Å². The molecule has 3 rings (SSSR count). The van der Waals surface area contributed by atoms with E-state index in [9.17, 15) is 22.4 Å². The highest BCUT2D eigenvalue weighted by Gasteiger charge is 2.54. The Morgan fingerprint density at radius 3 is 2.69 bits per heavy atom. The molecule has 0 aromatic heterocycles. The topological polar surface area (TPSA) is 73.6 Å². The lowest BCUT2D eigenvalue weighted by molar-refractivity contribution is -0.140. The molecule has 1 saturated heterocycles. The second kappa shape index (κ2) is 7.03. The molecule has 2 atom stereocenters. The van der Waals surface area contributed by atoms with E-state index in [-0.39, 0.29) is 18.6 Å². The number of amides is 1. The Balaban J connectivity index is 1.93. The number of morpholine rings is 1. The molecule has 1 aromatic carbocycles. The Hall–Kier alpha value is -1.87. The largest absolute Gasteiger partial charge is 0.449 e. The van der Waals surface area contributed by atoms with Crippen LogP contribution in [-0.4, -0.2) is 38.5 Å². The molecule has 1 aliphatic carbocycles. The van der Waals surface area contributed by atoms with Gasteiger partial charge in [0, 0.05) is 23.9 Å². The van der Waals surface area contributed by atoms with Gasteiger partial charge in [-0.2, -0.15) is 13.2 Å². The van der Waals surface area contributed by atoms with Gasteiger partial charge < -0.3 is 20.5 Å². The minimum atomic E-state index is -4.78. The van der Waals surface area contributed by atoms with Crippen molar-refractivity contribution in [2.75, 3.05) is 26.4 Å². The summed E-state index contributed by atoms with van der Waals surface area (Å²) >= 11 is 0. The van der Waals surface area contributed by atoms with Crippen LogP contribution >= 0.6 is 0 Å². The zero-order valence-corrected chi connectivity index (χ0v) is 13.9. The van der Waals surface area contributed by atoms with Crippen molar-refractivity contribution in [1.29, 1.82) is 0 Å². The summed E-state index contributed by atoms with van der Waals surface area (Å²) in [6, 6.07) is 2.88. The summed E-state index contributed by atoms with van der Waals surface area (Å²) in [4.78, 5) is 11.1. The third kappa shape index (κ3) is 3.78. The molecule has 0 spiro atoms. The summed E-state index contributed by atoms with van der Waals surface area (Å²) < 4.78 is 63.3. The van der Waals surface area contributed by atoms with E-state index in [1.54, 1.807) is 0 Å². The Morgan fingerprint density at radius 2 is 2.15 bits per heavy atom. The lowest BCUT2D eigenvalue weighted by Gasteiger charge is -2.36. The number of ether oxygens (including phenoxy) is 2. The average Bonchev–Trinajstić information content (AvgIpc) is 3.37.